The van der Waals surface area contributed by atoms with Crippen molar-refractivity contribution in [2.45, 2.75) is 31.7 Å². The number of amides is 1. The van der Waals surface area contributed by atoms with Gasteiger partial charge in [-0.3, -0.25) is 4.79 Å². The molecular formula is C18H19N3OS. The molecule has 3 rings (SSSR count). The molecule has 0 spiro atoms. The number of likely N-dealkylation sites (tertiary alicyclic amines) is 1. The molecule has 1 amide bonds. The van der Waals surface area contributed by atoms with Crippen LogP contribution >= 0.6 is 11.8 Å². The van der Waals surface area contributed by atoms with Crippen molar-refractivity contribution >= 4 is 28.6 Å². The topological polar surface area (TPSA) is 57.0 Å². The van der Waals surface area contributed by atoms with Gasteiger partial charge in [0, 0.05) is 18.5 Å². The highest BCUT2D eigenvalue weighted by Crippen LogP contribution is 2.27. The Balaban J connectivity index is 1.85. The number of pyridine rings is 1. The summed E-state index contributed by atoms with van der Waals surface area (Å²) in [5.74, 6) is 0.483. The molecule has 1 aliphatic heterocycles. The van der Waals surface area contributed by atoms with Gasteiger partial charge < -0.3 is 4.90 Å². The third-order valence-electron chi connectivity index (χ3n) is 4.31. The van der Waals surface area contributed by atoms with Gasteiger partial charge in [0.05, 0.1) is 16.8 Å². The summed E-state index contributed by atoms with van der Waals surface area (Å²) in [4.78, 5) is 18.7. The zero-order valence-electron chi connectivity index (χ0n) is 13.4. The van der Waals surface area contributed by atoms with Gasteiger partial charge in [-0.1, -0.05) is 11.8 Å². The fourth-order valence-corrected chi connectivity index (χ4v) is 3.67. The number of aryl methyl sites for hydroxylation is 2. The average molecular weight is 325 g/mol. The molecule has 4 nitrogen and oxygen atoms in total. The smallest absolute Gasteiger partial charge is 0.232 e. The summed E-state index contributed by atoms with van der Waals surface area (Å²) in [5, 5.41) is 11.0. The Hall–Kier alpha value is -2.06. The molecule has 0 saturated carbocycles. The van der Waals surface area contributed by atoms with Gasteiger partial charge in [0.1, 0.15) is 11.1 Å². The first-order chi connectivity index (χ1) is 11.1. The maximum absolute atomic E-state index is 12.2. The number of aromatic nitrogens is 1. The quantitative estimate of drug-likeness (QED) is 0.811. The zero-order chi connectivity index (χ0) is 16.4. The van der Waals surface area contributed by atoms with Crippen LogP contribution in [0.25, 0.3) is 10.9 Å². The summed E-state index contributed by atoms with van der Waals surface area (Å²) in [5.41, 5.74) is 3.79. The first-order valence-corrected chi connectivity index (χ1v) is 8.80. The molecule has 5 heteroatoms. The van der Waals surface area contributed by atoms with E-state index < -0.39 is 0 Å². The molecule has 0 aliphatic carbocycles. The normalized spacial score (nSPS) is 14.2. The summed E-state index contributed by atoms with van der Waals surface area (Å²) >= 11 is 1.37. The lowest BCUT2D eigenvalue weighted by atomic mass is 10.1. The summed E-state index contributed by atoms with van der Waals surface area (Å²) in [7, 11) is 0. The van der Waals surface area contributed by atoms with E-state index in [0.717, 1.165) is 36.8 Å². The van der Waals surface area contributed by atoms with Crippen molar-refractivity contribution < 1.29 is 4.79 Å². The van der Waals surface area contributed by atoms with Crippen molar-refractivity contribution in [3.05, 3.63) is 34.9 Å². The molecule has 0 radical (unpaired) electrons. The van der Waals surface area contributed by atoms with Crippen molar-refractivity contribution in [2.75, 3.05) is 18.8 Å². The largest absolute Gasteiger partial charge is 0.342 e. The maximum Gasteiger partial charge on any atom is 0.232 e. The van der Waals surface area contributed by atoms with E-state index >= 15 is 0 Å². The Kier molecular flexibility index (Phi) is 4.53. The van der Waals surface area contributed by atoms with Crippen LogP contribution in [0.15, 0.2) is 23.2 Å². The predicted molar refractivity (Wildman–Crippen MR) is 92.5 cm³/mol. The zero-order valence-corrected chi connectivity index (χ0v) is 14.2. The van der Waals surface area contributed by atoms with Crippen LogP contribution in [0.2, 0.25) is 0 Å². The van der Waals surface area contributed by atoms with Crippen LogP contribution in [0.5, 0.6) is 0 Å². The molecule has 23 heavy (non-hydrogen) atoms. The highest BCUT2D eigenvalue weighted by Gasteiger charge is 2.19. The monoisotopic (exact) mass is 325 g/mol. The second-order valence-corrected chi connectivity index (χ2v) is 6.92. The second kappa shape index (κ2) is 6.59. The molecule has 0 bridgehead atoms. The Bertz CT molecular complexity index is 804. The number of rotatable bonds is 3. The van der Waals surface area contributed by atoms with E-state index in [1.165, 1.54) is 22.9 Å². The van der Waals surface area contributed by atoms with Crippen molar-refractivity contribution in [1.82, 2.24) is 9.88 Å². The van der Waals surface area contributed by atoms with Crippen LogP contribution in [0.3, 0.4) is 0 Å². The number of hydrogen-bond acceptors (Lipinski definition) is 4. The molecule has 0 unspecified atom stereocenters. The highest BCUT2D eigenvalue weighted by atomic mass is 32.2. The van der Waals surface area contributed by atoms with Crippen LogP contribution in [0, 0.1) is 25.2 Å². The van der Waals surface area contributed by atoms with Crippen molar-refractivity contribution in [3.8, 4) is 6.07 Å². The number of nitriles is 1. The molecule has 1 saturated heterocycles. The lowest BCUT2D eigenvalue weighted by molar-refractivity contribution is -0.127. The minimum atomic E-state index is 0.137. The first-order valence-electron chi connectivity index (χ1n) is 7.81. The lowest BCUT2D eigenvalue weighted by Crippen LogP contribution is -2.29. The molecule has 1 aromatic heterocycles. The van der Waals surface area contributed by atoms with E-state index in [2.05, 4.69) is 31.0 Å². The van der Waals surface area contributed by atoms with Crippen LogP contribution in [0.1, 0.15) is 29.5 Å². The summed E-state index contributed by atoms with van der Waals surface area (Å²) in [6.07, 6.45) is 2.18. The van der Waals surface area contributed by atoms with E-state index in [4.69, 9.17) is 0 Å². The SMILES string of the molecule is Cc1cc2cc(C#N)c(SCC(=O)N3CCCC3)nc2cc1C. The molecule has 1 aromatic carbocycles. The Morgan fingerprint density at radius 1 is 1.26 bits per heavy atom. The third-order valence-corrected chi connectivity index (χ3v) is 5.28. The van der Waals surface area contributed by atoms with Crippen molar-refractivity contribution in [1.29, 1.82) is 5.26 Å². The minimum absolute atomic E-state index is 0.137. The van der Waals surface area contributed by atoms with Gasteiger partial charge in [-0.05, 0) is 56.0 Å². The number of benzene rings is 1. The molecule has 118 valence electrons. The van der Waals surface area contributed by atoms with Gasteiger partial charge in [0.25, 0.3) is 0 Å². The number of carbonyl (C=O) groups excluding carboxylic acids is 1. The van der Waals surface area contributed by atoms with Crippen LogP contribution in [-0.2, 0) is 4.79 Å². The molecule has 2 aromatic rings. The maximum atomic E-state index is 12.2. The Morgan fingerprint density at radius 3 is 2.65 bits per heavy atom. The molecule has 0 N–H and O–H groups in total. The van der Waals surface area contributed by atoms with Crippen LogP contribution < -0.4 is 0 Å². The van der Waals surface area contributed by atoms with Crippen molar-refractivity contribution in [3.63, 3.8) is 0 Å². The summed E-state index contributed by atoms with van der Waals surface area (Å²) in [6.45, 7) is 5.82. The molecule has 2 heterocycles. The third kappa shape index (κ3) is 3.32. The van der Waals surface area contributed by atoms with Gasteiger partial charge in [0.2, 0.25) is 5.91 Å². The summed E-state index contributed by atoms with van der Waals surface area (Å²) in [6, 6.07) is 8.18. The fourth-order valence-electron chi connectivity index (χ4n) is 2.80. The molecule has 1 fully saturated rings. The molecule has 1 aliphatic rings. The van der Waals surface area contributed by atoms with E-state index in [0.29, 0.717) is 16.3 Å². The number of thioether (sulfide) groups is 1. The van der Waals surface area contributed by atoms with E-state index in [1.54, 1.807) is 0 Å². The number of fused-ring (bicyclic) bond motifs is 1. The number of nitrogens with zero attached hydrogens (tertiary/aromatic N) is 3. The minimum Gasteiger partial charge on any atom is -0.342 e. The van der Waals surface area contributed by atoms with Crippen LogP contribution in [-0.4, -0.2) is 34.6 Å². The van der Waals surface area contributed by atoms with Crippen molar-refractivity contribution in [2.24, 2.45) is 0 Å². The van der Waals surface area contributed by atoms with Gasteiger partial charge >= 0.3 is 0 Å². The van der Waals surface area contributed by atoms with E-state index in [1.807, 2.05) is 17.0 Å². The molecular weight excluding hydrogens is 306 g/mol. The Labute approximate surface area is 140 Å². The lowest BCUT2D eigenvalue weighted by Gasteiger charge is -2.15. The first kappa shape index (κ1) is 15.8. The van der Waals surface area contributed by atoms with E-state index in [9.17, 15) is 10.1 Å². The van der Waals surface area contributed by atoms with E-state index in [-0.39, 0.29) is 5.91 Å². The standard InChI is InChI=1S/C18H19N3OS/c1-12-7-14-9-15(10-19)18(20-16(14)8-13(12)2)23-11-17(22)21-5-3-4-6-21/h7-9H,3-6,11H2,1-2H3. The number of hydrogen-bond donors (Lipinski definition) is 0. The average Bonchev–Trinajstić information content (AvgIpc) is 3.07. The van der Waals surface area contributed by atoms with Gasteiger partial charge in [-0.15, -0.1) is 0 Å². The van der Waals surface area contributed by atoms with Crippen LogP contribution in [0.4, 0.5) is 0 Å². The fraction of sp³-hybridized carbons (Fsp3) is 0.389. The number of carbonyl (C=O) groups is 1. The van der Waals surface area contributed by atoms with Gasteiger partial charge in [-0.25, -0.2) is 4.98 Å². The summed E-state index contributed by atoms with van der Waals surface area (Å²) < 4.78 is 0. The van der Waals surface area contributed by atoms with Gasteiger partial charge in [0.15, 0.2) is 0 Å². The van der Waals surface area contributed by atoms with Gasteiger partial charge in [-0.2, -0.15) is 5.26 Å². The second-order valence-electron chi connectivity index (χ2n) is 5.96. The highest BCUT2D eigenvalue weighted by molar-refractivity contribution is 8.00. The molecule has 0 atom stereocenters. The predicted octanol–water partition coefficient (Wildman–Crippen LogP) is 3.44. The Morgan fingerprint density at radius 2 is 1.96 bits per heavy atom.